The summed E-state index contributed by atoms with van der Waals surface area (Å²) in [6.07, 6.45) is 0.813. The summed E-state index contributed by atoms with van der Waals surface area (Å²) in [5.74, 6) is 1.27. The van der Waals surface area contributed by atoms with Crippen LogP contribution in [0.3, 0.4) is 0 Å². The third-order valence-corrected chi connectivity index (χ3v) is 4.51. The Hall–Kier alpha value is -2.61. The zero-order valence-corrected chi connectivity index (χ0v) is 16.9. The summed E-state index contributed by atoms with van der Waals surface area (Å²) in [7, 11) is 1.58. The van der Waals surface area contributed by atoms with Gasteiger partial charge in [0.2, 0.25) is 0 Å². The molecule has 2 rings (SSSR count). The standard InChI is InChI=1S/C19H27N5O2S/c1-4-20-19(22-9-8-16-13-27-14(2)24-16)23-11-10-21-18(25)15-6-5-7-17(12-15)26-3/h5-7,12-13H,4,8-11H2,1-3H3,(H,21,25)(H2,20,22,23). The molecule has 0 aliphatic heterocycles. The lowest BCUT2D eigenvalue weighted by Crippen LogP contribution is -2.41. The van der Waals surface area contributed by atoms with E-state index in [0.29, 0.717) is 30.9 Å². The minimum atomic E-state index is -0.128. The second-order valence-electron chi connectivity index (χ2n) is 5.78. The number of amides is 1. The molecule has 0 spiro atoms. The van der Waals surface area contributed by atoms with E-state index in [1.165, 1.54) is 0 Å². The molecule has 8 heteroatoms. The quantitative estimate of drug-likeness (QED) is 0.347. The third-order valence-electron chi connectivity index (χ3n) is 3.68. The van der Waals surface area contributed by atoms with Gasteiger partial charge in [0.25, 0.3) is 5.91 Å². The number of aryl methyl sites for hydroxylation is 1. The number of rotatable bonds is 9. The van der Waals surface area contributed by atoms with Gasteiger partial charge in [-0.25, -0.2) is 4.98 Å². The molecule has 146 valence electrons. The lowest BCUT2D eigenvalue weighted by atomic mass is 10.2. The normalized spacial score (nSPS) is 11.1. The first-order chi connectivity index (χ1) is 13.1. The Kier molecular flexibility index (Phi) is 8.57. The molecular formula is C19H27N5O2S. The van der Waals surface area contributed by atoms with E-state index in [-0.39, 0.29) is 5.91 Å². The first kappa shape index (κ1) is 20.7. The highest BCUT2D eigenvalue weighted by molar-refractivity contribution is 7.09. The minimum absolute atomic E-state index is 0.128. The van der Waals surface area contributed by atoms with Crippen molar-refractivity contribution < 1.29 is 9.53 Å². The van der Waals surface area contributed by atoms with Gasteiger partial charge in [-0.2, -0.15) is 0 Å². The molecule has 0 aliphatic carbocycles. The molecule has 0 fully saturated rings. The average Bonchev–Trinajstić information content (AvgIpc) is 3.10. The summed E-state index contributed by atoms with van der Waals surface area (Å²) in [5.41, 5.74) is 1.65. The third kappa shape index (κ3) is 7.26. The maximum absolute atomic E-state index is 12.2. The van der Waals surface area contributed by atoms with Crippen molar-refractivity contribution in [3.05, 3.63) is 45.9 Å². The second kappa shape index (κ2) is 11.2. The number of nitrogens with one attached hydrogen (secondary N) is 3. The highest BCUT2D eigenvalue weighted by Crippen LogP contribution is 2.12. The monoisotopic (exact) mass is 389 g/mol. The molecule has 27 heavy (non-hydrogen) atoms. The average molecular weight is 390 g/mol. The zero-order valence-electron chi connectivity index (χ0n) is 16.0. The molecule has 1 heterocycles. The molecule has 7 nitrogen and oxygen atoms in total. The summed E-state index contributed by atoms with van der Waals surface area (Å²) in [4.78, 5) is 21.2. The number of benzene rings is 1. The van der Waals surface area contributed by atoms with Crippen LogP contribution in [0.1, 0.15) is 28.0 Å². The number of ether oxygens (including phenoxy) is 1. The molecule has 1 amide bonds. The fourth-order valence-electron chi connectivity index (χ4n) is 2.37. The molecule has 3 N–H and O–H groups in total. The number of carbonyl (C=O) groups excluding carboxylic acids is 1. The number of guanidine groups is 1. The van der Waals surface area contributed by atoms with Crippen LogP contribution < -0.4 is 20.7 Å². The van der Waals surface area contributed by atoms with E-state index in [1.807, 2.05) is 19.9 Å². The molecule has 2 aromatic rings. The first-order valence-corrected chi connectivity index (χ1v) is 9.85. The van der Waals surface area contributed by atoms with E-state index in [0.717, 1.165) is 29.6 Å². The lowest BCUT2D eigenvalue weighted by molar-refractivity contribution is 0.0954. The summed E-state index contributed by atoms with van der Waals surface area (Å²) in [6, 6.07) is 7.08. The van der Waals surface area contributed by atoms with Gasteiger partial charge in [-0.3, -0.25) is 9.79 Å². The van der Waals surface area contributed by atoms with Crippen LogP contribution in [0.4, 0.5) is 0 Å². The molecular weight excluding hydrogens is 362 g/mol. The Morgan fingerprint density at radius 1 is 1.26 bits per heavy atom. The Bertz CT molecular complexity index is 760. The van der Waals surface area contributed by atoms with Crippen LogP contribution in [-0.4, -0.2) is 50.1 Å². The van der Waals surface area contributed by atoms with Gasteiger partial charge in [-0.05, 0) is 32.0 Å². The van der Waals surface area contributed by atoms with Crippen molar-refractivity contribution in [1.29, 1.82) is 0 Å². The summed E-state index contributed by atoms with van der Waals surface area (Å²) >= 11 is 1.65. The van der Waals surface area contributed by atoms with Crippen LogP contribution >= 0.6 is 11.3 Å². The van der Waals surface area contributed by atoms with Crippen molar-refractivity contribution in [3.63, 3.8) is 0 Å². The summed E-state index contributed by atoms with van der Waals surface area (Å²) in [5, 5.41) is 12.5. The van der Waals surface area contributed by atoms with Gasteiger partial charge in [-0.15, -0.1) is 11.3 Å². The number of aromatic nitrogens is 1. The highest BCUT2D eigenvalue weighted by atomic mass is 32.1. The number of aliphatic imine (C=N–C) groups is 1. The molecule has 0 aliphatic rings. The Morgan fingerprint density at radius 3 is 2.78 bits per heavy atom. The van der Waals surface area contributed by atoms with Crippen molar-refractivity contribution in [3.8, 4) is 5.75 Å². The van der Waals surface area contributed by atoms with Crippen LogP contribution in [-0.2, 0) is 6.42 Å². The Morgan fingerprint density at radius 2 is 2.07 bits per heavy atom. The van der Waals surface area contributed by atoms with Gasteiger partial charge >= 0.3 is 0 Å². The lowest BCUT2D eigenvalue weighted by Gasteiger charge is -2.12. The fourth-order valence-corrected chi connectivity index (χ4v) is 3.02. The van der Waals surface area contributed by atoms with Crippen molar-refractivity contribution in [2.75, 3.05) is 33.3 Å². The number of nitrogens with zero attached hydrogens (tertiary/aromatic N) is 2. The van der Waals surface area contributed by atoms with Crippen LogP contribution in [0.5, 0.6) is 5.75 Å². The molecule has 0 saturated carbocycles. The van der Waals surface area contributed by atoms with E-state index in [1.54, 1.807) is 36.6 Å². The SMILES string of the molecule is CCNC(=NCCc1csc(C)n1)NCCNC(=O)c1cccc(OC)c1. The number of hydrogen-bond donors (Lipinski definition) is 3. The molecule has 0 radical (unpaired) electrons. The predicted molar refractivity (Wildman–Crippen MR) is 110 cm³/mol. The van der Waals surface area contributed by atoms with Crippen LogP contribution in [0.2, 0.25) is 0 Å². The van der Waals surface area contributed by atoms with Crippen LogP contribution in [0.25, 0.3) is 0 Å². The van der Waals surface area contributed by atoms with Crippen molar-refractivity contribution in [2.45, 2.75) is 20.3 Å². The highest BCUT2D eigenvalue weighted by Gasteiger charge is 2.06. The van der Waals surface area contributed by atoms with Crippen LogP contribution in [0.15, 0.2) is 34.6 Å². The summed E-state index contributed by atoms with van der Waals surface area (Å²) < 4.78 is 5.14. The number of hydrogen-bond acceptors (Lipinski definition) is 5. The van der Waals surface area contributed by atoms with E-state index >= 15 is 0 Å². The number of methoxy groups -OCH3 is 1. The number of thiazole rings is 1. The number of carbonyl (C=O) groups is 1. The van der Waals surface area contributed by atoms with Gasteiger partial charge < -0.3 is 20.7 Å². The molecule has 1 aromatic heterocycles. The van der Waals surface area contributed by atoms with Gasteiger partial charge in [-0.1, -0.05) is 6.07 Å². The smallest absolute Gasteiger partial charge is 0.251 e. The largest absolute Gasteiger partial charge is 0.497 e. The van der Waals surface area contributed by atoms with E-state index in [9.17, 15) is 4.79 Å². The summed E-state index contributed by atoms with van der Waals surface area (Å²) in [6.45, 7) is 6.53. The molecule has 0 saturated heterocycles. The molecule has 1 aromatic carbocycles. The maximum Gasteiger partial charge on any atom is 0.251 e. The predicted octanol–water partition coefficient (Wildman–Crippen LogP) is 1.99. The van der Waals surface area contributed by atoms with Crippen molar-refractivity contribution in [2.24, 2.45) is 4.99 Å². The van der Waals surface area contributed by atoms with Gasteiger partial charge in [0.05, 0.1) is 17.8 Å². The van der Waals surface area contributed by atoms with E-state index in [4.69, 9.17) is 4.74 Å². The Balaban J connectivity index is 1.74. The maximum atomic E-state index is 12.2. The second-order valence-corrected chi connectivity index (χ2v) is 6.85. The fraction of sp³-hybridized carbons (Fsp3) is 0.421. The van der Waals surface area contributed by atoms with E-state index < -0.39 is 0 Å². The molecule has 0 unspecified atom stereocenters. The van der Waals surface area contributed by atoms with Crippen molar-refractivity contribution >= 4 is 23.2 Å². The van der Waals surface area contributed by atoms with Crippen molar-refractivity contribution in [1.82, 2.24) is 20.9 Å². The van der Waals surface area contributed by atoms with Gasteiger partial charge in [0.15, 0.2) is 5.96 Å². The molecule has 0 atom stereocenters. The minimum Gasteiger partial charge on any atom is -0.497 e. The van der Waals surface area contributed by atoms with Gasteiger partial charge in [0.1, 0.15) is 5.75 Å². The topological polar surface area (TPSA) is 87.6 Å². The Labute approximate surface area is 164 Å². The zero-order chi connectivity index (χ0) is 19.5. The van der Waals surface area contributed by atoms with Crippen LogP contribution in [0, 0.1) is 6.92 Å². The van der Waals surface area contributed by atoms with E-state index in [2.05, 4.69) is 31.3 Å². The molecule has 0 bridgehead atoms. The van der Waals surface area contributed by atoms with Gasteiger partial charge in [0, 0.05) is 43.5 Å². The first-order valence-electron chi connectivity index (χ1n) is 8.97.